The predicted octanol–water partition coefficient (Wildman–Crippen LogP) is 4.01. The van der Waals surface area contributed by atoms with Gasteiger partial charge in [-0.05, 0) is 41.5 Å². The van der Waals surface area contributed by atoms with Crippen molar-refractivity contribution in [2.75, 3.05) is 7.11 Å². The number of aliphatic hydroxyl groups excluding tert-OH is 1. The van der Waals surface area contributed by atoms with Gasteiger partial charge in [0, 0.05) is 10.9 Å². The minimum absolute atomic E-state index is 0.150. The maximum atomic E-state index is 13.6. The maximum Gasteiger partial charge on any atom is 0.165 e. The van der Waals surface area contributed by atoms with Crippen LogP contribution in [0.2, 0.25) is 0 Å². The van der Waals surface area contributed by atoms with E-state index in [0.29, 0.717) is 15.6 Å². The van der Waals surface area contributed by atoms with Crippen LogP contribution in [-0.4, -0.2) is 12.2 Å². The Morgan fingerprint density at radius 3 is 2.55 bits per heavy atom. The highest BCUT2D eigenvalue weighted by molar-refractivity contribution is 9.10. The highest BCUT2D eigenvalue weighted by Crippen LogP contribution is 2.25. The number of hydrogen-bond donors (Lipinski definition) is 1. The molecule has 2 nitrogen and oxygen atoms in total. The number of halogens is 3. The average molecular weight is 343 g/mol. The van der Waals surface area contributed by atoms with Gasteiger partial charge in [-0.25, -0.2) is 8.78 Å². The van der Waals surface area contributed by atoms with Crippen molar-refractivity contribution in [3.05, 3.63) is 63.6 Å². The molecule has 106 valence electrons. The number of benzene rings is 2. The normalized spacial score (nSPS) is 12.2. The lowest BCUT2D eigenvalue weighted by Gasteiger charge is -2.12. The van der Waals surface area contributed by atoms with Crippen molar-refractivity contribution in [2.45, 2.75) is 12.5 Å². The third-order valence-electron chi connectivity index (χ3n) is 2.91. The van der Waals surface area contributed by atoms with Crippen molar-refractivity contribution >= 4 is 15.9 Å². The highest BCUT2D eigenvalue weighted by Gasteiger charge is 2.12. The molecule has 0 saturated carbocycles. The fourth-order valence-electron chi connectivity index (χ4n) is 1.95. The Labute approximate surface area is 124 Å². The first-order valence-electron chi connectivity index (χ1n) is 5.96. The largest absolute Gasteiger partial charge is 0.494 e. The Balaban J connectivity index is 2.18. The van der Waals surface area contributed by atoms with E-state index in [4.69, 9.17) is 4.74 Å². The minimum Gasteiger partial charge on any atom is -0.494 e. The first-order valence-corrected chi connectivity index (χ1v) is 6.75. The molecule has 2 aromatic rings. The standard InChI is InChI=1S/C15H13BrF2O2/c1-20-15-3-2-9(4-13(15)18)5-14(19)10-6-11(16)8-12(17)7-10/h2-4,6-8,14,19H,5H2,1H3. The minimum atomic E-state index is -0.908. The van der Waals surface area contributed by atoms with Crippen LogP contribution >= 0.6 is 15.9 Å². The van der Waals surface area contributed by atoms with Crippen molar-refractivity contribution < 1.29 is 18.6 Å². The summed E-state index contributed by atoms with van der Waals surface area (Å²) in [7, 11) is 1.39. The molecule has 1 atom stereocenters. The fraction of sp³-hybridized carbons (Fsp3) is 0.200. The Bertz CT molecular complexity index is 597. The quantitative estimate of drug-likeness (QED) is 0.909. The number of methoxy groups -OCH3 is 1. The number of rotatable bonds is 4. The van der Waals surface area contributed by atoms with Crippen LogP contribution in [0.5, 0.6) is 5.75 Å². The molecule has 0 spiro atoms. The van der Waals surface area contributed by atoms with Crippen LogP contribution in [-0.2, 0) is 6.42 Å². The van der Waals surface area contributed by atoms with Crippen LogP contribution in [0.3, 0.4) is 0 Å². The molecule has 0 bridgehead atoms. The van der Waals surface area contributed by atoms with E-state index in [1.54, 1.807) is 12.1 Å². The molecule has 5 heteroatoms. The lowest BCUT2D eigenvalue weighted by Crippen LogP contribution is -2.03. The smallest absolute Gasteiger partial charge is 0.165 e. The van der Waals surface area contributed by atoms with Gasteiger partial charge in [-0.2, -0.15) is 0 Å². The van der Waals surface area contributed by atoms with E-state index in [9.17, 15) is 13.9 Å². The van der Waals surface area contributed by atoms with Crippen molar-refractivity contribution in [3.8, 4) is 5.75 Å². The molecular weight excluding hydrogens is 330 g/mol. The van der Waals surface area contributed by atoms with Gasteiger partial charge < -0.3 is 9.84 Å². The molecule has 0 saturated heterocycles. The van der Waals surface area contributed by atoms with Crippen LogP contribution in [0.15, 0.2) is 40.9 Å². The van der Waals surface area contributed by atoms with E-state index in [1.165, 1.54) is 31.4 Å². The van der Waals surface area contributed by atoms with Gasteiger partial charge in [0.15, 0.2) is 11.6 Å². The molecule has 1 N–H and O–H groups in total. The van der Waals surface area contributed by atoms with Gasteiger partial charge in [0.05, 0.1) is 13.2 Å². The van der Waals surface area contributed by atoms with Crippen molar-refractivity contribution in [1.29, 1.82) is 0 Å². The Morgan fingerprint density at radius 2 is 1.95 bits per heavy atom. The molecular formula is C15H13BrF2O2. The molecule has 0 amide bonds. The van der Waals surface area contributed by atoms with Crippen LogP contribution in [0.1, 0.15) is 17.2 Å². The summed E-state index contributed by atoms with van der Waals surface area (Å²) < 4.78 is 32.2. The summed E-state index contributed by atoms with van der Waals surface area (Å²) in [6.07, 6.45) is -0.716. The molecule has 20 heavy (non-hydrogen) atoms. The van der Waals surface area contributed by atoms with E-state index in [2.05, 4.69) is 15.9 Å². The third kappa shape index (κ3) is 3.55. The monoisotopic (exact) mass is 342 g/mol. The van der Waals surface area contributed by atoms with Crippen molar-refractivity contribution in [3.63, 3.8) is 0 Å². The number of ether oxygens (including phenoxy) is 1. The fourth-order valence-corrected chi connectivity index (χ4v) is 2.43. The third-order valence-corrected chi connectivity index (χ3v) is 3.37. The lowest BCUT2D eigenvalue weighted by molar-refractivity contribution is 0.178. The van der Waals surface area contributed by atoms with E-state index >= 15 is 0 Å². The van der Waals surface area contributed by atoms with Crippen LogP contribution in [0.4, 0.5) is 8.78 Å². The summed E-state index contributed by atoms with van der Waals surface area (Å²) in [6.45, 7) is 0. The lowest BCUT2D eigenvalue weighted by atomic mass is 10.0. The van der Waals surface area contributed by atoms with Crippen LogP contribution < -0.4 is 4.74 Å². The van der Waals surface area contributed by atoms with E-state index in [-0.39, 0.29) is 12.2 Å². The average Bonchev–Trinajstić information content (AvgIpc) is 2.37. The van der Waals surface area contributed by atoms with Gasteiger partial charge in [-0.15, -0.1) is 0 Å². The summed E-state index contributed by atoms with van der Waals surface area (Å²) in [5, 5.41) is 10.1. The molecule has 2 rings (SSSR count). The first kappa shape index (κ1) is 14.9. The predicted molar refractivity (Wildman–Crippen MR) is 75.7 cm³/mol. The summed E-state index contributed by atoms with van der Waals surface area (Å²) >= 11 is 3.17. The molecule has 0 heterocycles. The molecule has 0 radical (unpaired) electrons. The van der Waals surface area contributed by atoms with Crippen LogP contribution in [0.25, 0.3) is 0 Å². The zero-order valence-electron chi connectivity index (χ0n) is 10.7. The van der Waals surface area contributed by atoms with Gasteiger partial charge in [-0.1, -0.05) is 22.0 Å². The van der Waals surface area contributed by atoms with Gasteiger partial charge in [-0.3, -0.25) is 0 Å². The first-order chi connectivity index (χ1) is 9.49. The second-order valence-electron chi connectivity index (χ2n) is 4.39. The zero-order valence-corrected chi connectivity index (χ0v) is 12.3. The van der Waals surface area contributed by atoms with Gasteiger partial charge in [0.2, 0.25) is 0 Å². The maximum absolute atomic E-state index is 13.6. The molecule has 0 aliphatic heterocycles. The van der Waals surface area contributed by atoms with E-state index in [0.717, 1.165) is 0 Å². The van der Waals surface area contributed by atoms with Gasteiger partial charge in [0.1, 0.15) is 5.82 Å². The van der Waals surface area contributed by atoms with Crippen molar-refractivity contribution in [1.82, 2.24) is 0 Å². The van der Waals surface area contributed by atoms with Gasteiger partial charge >= 0.3 is 0 Å². The van der Waals surface area contributed by atoms with E-state index in [1.807, 2.05) is 0 Å². The van der Waals surface area contributed by atoms with E-state index < -0.39 is 17.7 Å². The Hall–Kier alpha value is -1.46. The summed E-state index contributed by atoms with van der Waals surface area (Å²) in [6, 6.07) is 8.67. The van der Waals surface area contributed by atoms with Crippen LogP contribution in [0, 0.1) is 11.6 Å². The Morgan fingerprint density at radius 1 is 1.20 bits per heavy atom. The topological polar surface area (TPSA) is 29.5 Å². The SMILES string of the molecule is COc1ccc(CC(O)c2cc(F)cc(Br)c2)cc1F. The zero-order chi connectivity index (χ0) is 14.7. The summed E-state index contributed by atoms with van der Waals surface area (Å²) in [5.41, 5.74) is 1.05. The molecule has 0 aliphatic rings. The Kier molecular flexibility index (Phi) is 4.73. The summed E-state index contributed by atoms with van der Waals surface area (Å²) in [4.78, 5) is 0. The summed E-state index contributed by atoms with van der Waals surface area (Å²) in [5.74, 6) is -0.774. The molecule has 0 aromatic heterocycles. The highest BCUT2D eigenvalue weighted by atomic mass is 79.9. The molecule has 2 aromatic carbocycles. The van der Waals surface area contributed by atoms with Crippen molar-refractivity contribution in [2.24, 2.45) is 0 Å². The second kappa shape index (κ2) is 6.33. The number of aliphatic hydroxyl groups is 1. The number of hydrogen-bond acceptors (Lipinski definition) is 2. The second-order valence-corrected chi connectivity index (χ2v) is 5.31. The van der Waals surface area contributed by atoms with Gasteiger partial charge in [0.25, 0.3) is 0 Å². The molecule has 0 fully saturated rings. The molecule has 1 unspecified atom stereocenters. The molecule has 0 aliphatic carbocycles.